The maximum absolute atomic E-state index is 13.4. The molecule has 0 unspecified atom stereocenters. The predicted octanol–water partition coefficient (Wildman–Crippen LogP) is 7.37. The summed E-state index contributed by atoms with van der Waals surface area (Å²) in [6.07, 6.45) is 1.66. The Morgan fingerprint density at radius 2 is 2.00 bits per heavy atom. The van der Waals surface area contributed by atoms with Gasteiger partial charge in [0.25, 0.3) is 0 Å². The highest BCUT2D eigenvalue weighted by Gasteiger charge is 2.12. The maximum Gasteiger partial charge on any atom is 0.152 e. The molecule has 0 saturated heterocycles. The van der Waals surface area contributed by atoms with Crippen LogP contribution >= 0.6 is 50.1 Å². The van der Waals surface area contributed by atoms with Gasteiger partial charge in [-0.1, -0.05) is 23.7 Å². The molecule has 0 radical (unpaired) electrons. The number of benzene rings is 3. The Morgan fingerprint density at radius 3 is 2.71 bits per heavy atom. The molecule has 0 aliphatic heterocycles. The van der Waals surface area contributed by atoms with Crippen LogP contribution in [0.15, 0.2) is 59.1 Å². The zero-order valence-electron chi connectivity index (χ0n) is 15.8. The molecule has 154 valence electrons. The van der Waals surface area contributed by atoms with Gasteiger partial charge in [-0.25, -0.2) is 9.37 Å². The van der Waals surface area contributed by atoms with E-state index in [0.29, 0.717) is 49.8 Å². The van der Waals surface area contributed by atoms with E-state index >= 15 is 0 Å². The van der Waals surface area contributed by atoms with Crippen molar-refractivity contribution in [3.8, 4) is 11.8 Å². The van der Waals surface area contributed by atoms with Crippen LogP contribution in [0.2, 0.25) is 5.02 Å². The van der Waals surface area contributed by atoms with E-state index in [1.807, 2.05) is 30.3 Å². The van der Waals surface area contributed by atoms with Crippen molar-refractivity contribution < 1.29 is 9.13 Å². The van der Waals surface area contributed by atoms with Gasteiger partial charge in [-0.2, -0.15) is 5.26 Å². The SMILES string of the molecule is N#C/C(=C/c1cc(Cl)c(OCc2ccc(I)cc2)c(Br)c1)c1nc2ccc(F)cc2[nH]1. The third kappa shape index (κ3) is 5.09. The van der Waals surface area contributed by atoms with Gasteiger partial charge in [0.05, 0.1) is 26.1 Å². The Labute approximate surface area is 205 Å². The summed E-state index contributed by atoms with van der Waals surface area (Å²) >= 11 is 12.2. The number of nitrogens with zero attached hydrogens (tertiary/aromatic N) is 2. The number of H-pyrrole nitrogens is 1. The molecule has 0 aliphatic carbocycles. The lowest BCUT2D eigenvalue weighted by Gasteiger charge is -2.11. The molecule has 1 N–H and O–H groups in total. The van der Waals surface area contributed by atoms with E-state index in [9.17, 15) is 9.65 Å². The van der Waals surface area contributed by atoms with Gasteiger partial charge in [0, 0.05) is 3.57 Å². The van der Waals surface area contributed by atoms with E-state index in [1.54, 1.807) is 18.2 Å². The van der Waals surface area contributed by atoms with Crippen molar-refractivity contribution in [2.45, 2.75) is 6.61 Å². The first-order valence-electron chi connectivity index (χ1n) is 9.06. The summed E-state index contributed by atoms with van der Waals surface area (Å²) in [6, 6.07) is 17.9. The van der Waals surface area contributed by atoms with Crippen LogP contribution in [0.5, 0.6) is 5.75 Å². The highest BCUT2D eigenvalue weighted by Crippen LogP contribution is 2.36. The number of fused-ring (bicyclic) bond motifs is 1. The van der Waals surface area contributed by atoms with E-state index in [2.05, 4.69) is 54.6 Å². The van der Waals surface area contributed by atoms with Crippen molar-refractivity contribution >= 4 is 72.8 Å². The van der Waals surface area contributed by atoms with Crippen LogP contribution in [-0.2, 0) is 6.61 Å². The van der Waals surface area contributed by atoms with Crippen LogP contribution < -0.4 is 4.74 Å². The molecule has 0 atom stereocenters. The lowest BCUT2D eigenvalue weighted by atomic mass is 10.1. The van der Waals surface area contributed by atoms with Crippen molar-refractivity contribution in [1.82, 2.24) is 9.97 Å². The number of hydrogen-bond acceptors (Lipinski definition) is 3. The summed E-state index contributed by atoms with van der Waals surface area (Å²) in [5, 5.41) is 10.0. The summed E-state index contributed by atoms with van der Waals surface area (Å²) in [5.74, 6) is 0.506. The van der Waals surface area contributed by atoms with Gasteiger partial charge in [0.1, 0.15) is 24.3 Å². The van der Waals surface area contributed by atoms with Crippen LogP contribution in [0.4, 0.5) is 4.39 Å². The topological polar surface area (TPSA) is 61.7 Å². The average molecular weight is 609 g/mol. The van der Waals surface area contributed by atoms with Gasteiger partial charge < -0.3 is 9.72 Å². The summed E-state index contributed by atoms with van der Waals surface area (Å²) < 4.78 is 21.1. The molecule has 0 fully saturated rings. The molecule has 0 bridgehead atoms. The van der Waals surface area contributed by atoms with Gasteiger partial charge in [0.2, 0.25) is 0 Å². The second-order valence-corrected chi connectivity index (χ2v) is 9.15. The highest BCUT2D eigenvalue weighted by molar-refractivity contribution is 14.1. The first-order chi connectivity index (χ1) is 14.9. The van der Waals surface area contributed by atoms with Crippen molar-refractivity contribution in [1.29, 1.82) is 5.26 Å². The van der Waals surface area contributed by atoms with Gasteiger partial charge in [-0.3, -0.25) is 0 Å². The molecule has 1 aromatic heterocycles. The molecule has 4 aromatic rings. The minimum atomic E-state index is -0.373. The number of aromatic nitrogens is 2. The summed E-state index contributed by atoms with van der Waals surface area (Å²) in [4.78, 5) is 7.35. The smallest absolute Gasteiger partial charge is 0.152 e. The third-order valence-corrected chi connectivity index (χ3v) is 6.04. The van der Waals surface area contributed by atoms with Crippen molar-refractivity contribution in [2.75, 3.05) is 0 Å². The Balaban J connectivity index is 1.60. The van der Waals surface area contributed by atoms with E-state index in [-0.39, 0.29) is 5.82 Å². The van der Waals surface area contributed by atoms with Crippen molar-refractivity contribution in [3.63, 3.8) is 0 Å². The molecule has 3 aromatic carbocycles. The predicted molar refractivity (Wildman–Crippen MR) is 132 cm³/mol. The lowest BCUT2D eigenvalue weighted by molar-refractivity contribution is 0.304. The molecule has 0 amide bonds. The number of imidazole rings is 1. The van der Waals surface area contributed by atoms with Crippen LogP contribution in [0.1, 0.15) is 17.0 Å². The Hall–Kier alpha value is -2.41. The number of aromatic amines is 1. The third-order valence-electron chi connectivity index (χ3n) is 4.45. The number of hydrogen-bond donors (Lipinski definition) is 1. The van der Waals surface area contributed by atoms with Gasteiger partial charge in [0.15, 0.2) is 5.75 Å². The fourth-order valence-corrected chi connectivity index (χ4v) is 4.31. The van der Waals surface area contributed by atoms with Crippen LogP contribution in [0.3, 0.4) is 0 Å². The fraction of sp³-hybridized carbons (Fsp3) is 0.0435. The normalized spacial score (nSPS) is 11.5. The summed E-state index contributed by atoms with van der Waals surface area (Å²) in [5.41, 5.74) is 3.13. The molecule has 8 heteroatoms. The molecule has 4 rings (SSSR count). The first kappa shape index (κ1) is 21.8. The lowest BCUT2D eigenvalue weighted by Crippen LogP contribution is -1.97. The molecular formula is C23H13BrClFIN3O. The van der Waals surface area contributed by atoms with Crippen LogP contribution in [0, 0.1) is 20.7 Å². The Kier molecular flexibility index (Phi) is 6.60. The number of rotatable bonds is 5. The Bertz CT molecular complexity index is 1320. The van der Waals surface area contributed by atoms with E-state index < -0.39 is 0 Å². The molecule has 0 aliphatic rings. The van der Waals surface area contributed by atoms with E-state index in [4.69, 9.17) is 16.3 Å². The highest BCUT2D eigenvalue weighted by atomic mass is 127. The van der Waals surface area contributed by atoms with Crippen molar-refractivity contribution in [3.05, 3.63) is 90.4 Å². The van der Waals surface area contributed by atoms with E-state index in [1.165, 1.54) is 12.1 Å². The minimum Gasteiger partial charge on any atom is -0.486 e. The van der Waals surface area contributed by atoms with Crippen molar-refractivity contribution in [2.24, 2.45) is 0 Å². The molecule has 4 nitrogen and oxygen atoms in total. The first-order valence-corrected chi connectivity index (χ1v) is 11.3. The molecule has 1 heterocycles. The minimum absolute atomic E-state index is 0.298. The Morgan fingerprint density at radius 1 is 1.23 bits per heavy atom. The van der Waals surface area contributed by atoms with Gasteiger partial charge in [-0.05, 0) is 98.2 Å². The zero-order chi connectivity index (χ0) is 22.0. The van der Waals surface area contributed by atoms with Gasteiger partial charge in [-0.15, -0.1) is 0 Å². The molecule has 31 heavy (non-hydrogen) atoms. The molecule has 0 spiro atoms. The fourth-order valence-electron chi connectivity index (χ4n) is 2.97. The average Bonchev–Trinajstić information content (AvgIpc) is 3.15. The monoisotopic (exact) mass is 607 g/mol. The number of nitrogens with one attached hydrogen (secondary N) is 1. The molecular weight excluding hydrogens is 596 g/mol. The van der Waals surface area contributed by atoms with E-state index in [0.717, 1.165) is 9.13 Å². The summed E-state index contributed by atoms with van der Waals surface area (Å²) in [6.45, 7) is 0.378. The molecule has 0 saturated carbocycles. The zero-order valence-corrected chi connectivity index (χ0v) is 20.3. The number of halogens is 4. The largest absolute Gasteiger partial charge is 0.486 e. The standard InChI is InChI=1S/C23H13BrClFIN3O/c24-18-8-14(9-19(25)22(18)31-12-13-1-4-17(27)5-2-13)7-15(11-28)23-29-20-6-3-16(26)10-21(20)30-23/h1-10H,12H2,(H,29,30)/b15-7-. The second kappa shape index (κ2) is 9.39. The van der Waals surface area contributed by atoms with Crippen LogP contribution in [0.25, 0.3) is 22.7 Å². The van der Waals surface area contributed by atoms with Gasteiger partial charge >= 0.3 is 0 Å². The second-order valence-electron chi connectivity index (χ2n) is 6.65. The number of nitriles is 1. The number of ether oxygens (including phenoxy) is 1. The number of allylic oxidation sites excluding steroid dienone is 1. The maximum atomic E-state index is 13.4. The quantitative estimate of drug-likeness (QED) is 0.190. The van der Waals surface area contributed by atoms with Crippen LogP contribution in [-0.4, -0.2) is 9.97 Å². The summed E-state index contributed by atoms with van der Waals surface area (Å²) in [7, 11) is 0.